The quantitative estimate of drug-likeness (QED) is 0.243. The second-order valence-corrected chi connectivity index (χ2v) is 16.2. The average molecular weight is 472 g/mol. The lowest BCUT2D eigenvalue weighted by Gasteiger charge is -2.36. The summed E-state index contributed by atoms with van der Waals surface area (Å²) in [5, 5.41) is 0. The maximum atomic E-state index is 6.24. The first kappa shape index (κ1) is 21.8. The normalized spacial score (nSPS) is 26.8. The third-order valence-corrected chi connectivity index (χ3v) is 6.50. The van der Waals surface area contributed by atoms with Gasteiger partial charge in [-0.1, -0.05) is 33.5 Å². The number of hydrogen-bond acceptors (Lipinski definition) is 3. The molecule has 136 valence electrons. The fourth-order valence-electron chi connectivity index (χ4n) is 2.58. The van der Waals surface area contributed by atoms with Crippen LogP contribution in [0.4, 0.5) is 0 Å². The molecule has 0 aromatic heterocycles. The standard InChI is InChI=1S/C17H32Br2O3Si/c1-13-6-7-15(22-16(13)10-17(18)19)14(2)11-21-12-20-8-9-23(3,4)5/h10,13-16H,6-9,11-12H2,1-5H3/t13-,14-,15+,16-/m0/s1. The van der Waals surface area contributed by atoms with E-state index in [1.807, 2.05) is 0 Å². The molecule has 0 saturated carbocycles. The van der Waals surface area contributed by atoms with Gasteiger partial charge in [-0.15, -0.1) is 0 Å². The topological polar surface area (TPSA) is 27.7 Å². The Morgan fingerprint density at radius 2 is 1.96 bits per heavy atom. The Hall–Kier alpha value is 0.797. The van der Waals surface area contributed by atoms with Gasteiger partial charge in [0.05, 0.1) is 22.2 Å². The minimum Gasteiger partial charge on any atom is -0.370 e. The Bertz CT molecular complexity index is 367. The first-order chi connectivity index (χ1) is 10.7. The van der Waals surface area contributed by atoms with Gasteiger partial charge >= 0.3 is 0 Å². The van der Waals surface area contributed by atoms with Gasteiger partial charge in [0.15, 0.2) is 0 Å². The summed E-state index contributed by atoms with van der Waals surface area (Å²) in [6.07, 6.45) is 4.82. The Labute approximate surface area is 159 Å². The second-order valence-electron chi connectivity index (χ2n) is 7.83. The van der Waals surface area contributed by atoms with E-state index in [1.165, 1.54) is 12.5 Å². The molecule has 1 saturated heterocycles. The molecule has 23 heavy (non-hydrogen) atoms. The first-order valence-corrected chi connectivity index (χ1v) is 13.8. The molecule has 0 aliphatic carbocycles. The van der Waals surface area contributed by atoms with Gasteiger partial charge in [-0.25, -0.2) is 0 Å². The van der Waals surface area contributed by atoms with Gasteiger partial charge in [0.2, 0.25) is 0 Å². The Balaban J connectivity index is 2.24. The molecule has 1 heterocycles. The highest BCUT2D eigenvalue weighted by atomic mass is 79.9. The van der Waals surface area contributed by atoms with Crippen LogP contribution < -0.4 is 0 Å². The zero-order valence-corrected chi connectivity index (χ0v) is 19.3. The lowest BCUT2D eigenvalue weighted by Crippen LogP contribution is -2.37. The molecule has 0 N–H and O–H groups in total. The maximum Gasteiger partial charge on any atom is 0.146 e. The number of halogens is 2. The molecular weight excluding hydrogens is 440 g/mol. The molecule has 1 rings (SSSR count). The van der Waals surface area contributed by atoms with Crippen LogP contribution in [0.25, 0.3) is 0 Å². The summed E-state index contributed by atoms with van der Waals surface area (Å²) >= 11 is 6.87. The molecule has 0 radical (unpaired) electrons. The van der Waals surface area contributed by atoms with Gasteiger partial charge in [0.1, 0.15) is 6.79 Å². The Kier molecular flexibility index (Phi) is 10.2. The summed E-state index contributed by atoms with van der Waals surface area (Å²) < 4.78 is 18.5. The summed E-state index contributed by atoms with van der Waals surface area (Å²) in [4.78, 5) is 0. The van der Waals surface area contributed by atoms with Gasteiger partial charge in [0, 0.05) is 20.6 Å². The molecule has 0 amide bonds. The van der Waals surface area contributed by atoms with Crippen LogP contribution in [0, 0.1) is 11.8 Å². The van der Waals surface area contributed by atoms with Crippen molar-refractivity contribution in [1.29, 1.82) is 0 Å². The average Bonchev–Trinajstić information content (AvgIpc) is 2.43. The molecule has 4 atom stereocenters. The predicted molar refractivity (Wildman–Crippen MR) is 107 cm³/mol. The van der Waals surface area contributed by atoms with E-state index in [9.17, 15) is 0 Å². The third kappa shape index (κ3) is 9.75. The number of hydrogen-bond donors (Lipinski definition) is 0. The highest BCUT2D eigenvalue weighted by Gasteiger charge is 2.30. The number of rotatable bonds is 9. The molecule has 1 fully saturated rings. The second kappa shape index (κ2) is 10.7. The van der Waals surface area contributed by atoms with Crippen molar-refractivity contribution in [2.24, 2.45) is 11.8 Å². The summed E-state index contributed by atoms with van der Waals surface area (Å²) in [5.74, 6) is 0.933. The van der Waals surface area contributed by atoms with Gasteiger partial charge in [0.25, 0.3) is 0 Å². The van der Waals surface area contributed by atoms with Crippen LogP contribution in [0.15, 0.2) is 9.47 Å². The summed E-state index contributed by atoms with van der Waals surface area (Å²) in [6.45, 7) is 13.4. The van der Waals surface area contributed by atoms with Crippen LogP contribution in [0.5, 0.6) is 0 Å². The van der Waals surface area contributed by atoms with E-state index in [1.54, 1.807) is 0 Å². The smallest absolute Gasteiger partial charge is 0.146 e. The molecule has 0 aromatic rings. The Morgan fingerprint density at radius 1 is 1.26 bits per heavy atom. The molecule has 1 aliphatic rings. The minimum absolute atomic E-state index is 0.165. The fraction of sp³-hybridized carbons (Fsp3) is 0.882. The van der Waals surface area contributed by atoms with Crippen LogP contribution >= 0.6 is 31.9 Å². The van der Waals surface area contributed by atoms with E-state index >= 15 is 0 Å². The molecule has 3 nitrogen and oxygen atoms in total. The predicted octanol–water partition coefficient (Wildman–Crippen LogP) is 5.77. The zero-order valence-electron chi connectivity index (χ0n) is 15.1. The molecule has 1 aliphatic heterocycles. The van der Waals surface area contributed by atoms with E-state index < -0.39 is 8.07 Å². The number of ether oxygens (including phenoxy) is 3. The van der Waals surface area contributed by atoms with Gasteiger partial charge in [-0.2, -0.15) is 0 Å². The van der Waals surface area contributed by atoms with E-state index in [0.29, 0.717) is 25.2 Å². The maximum absolute atomic E-state index is 6.24. The Morgan fingerprint density at radius 3 is 2.57 bits per heavy atom. The molecule has 0 bridgehead atoms. The van der Waals surface area contributed by atoms with Gasteiger partial charge in [-0.05, 0) is 62.7 Å². The van der Waals surface area contributed by atoms with Crippen LogP contribution in [-0.4, -0.2) is 40.3 Å². The van der Waals surface area contributed by atoms with E-state index in [-0.39, 0.29) is 12.2 Å². The van der Waals surface area contributed by atoms with Crippen molar-refractivity contribution in [1.82, 2.24) is 0 Å². The zero-order chi connectivity index (χ0) is 17.5. The monoisotopic (exact) mass is 470 g/mol. The van der Waals surface area contributed by atoms with Crippen LogP contribution in [0.1, 0.15) is 26.7 Å². The van der Waals surface area contributed by atoms with Crippen LogP contribution in [0.2, 0.25) is 25.7 Å². The van der Waals surface area contributed by atoms with Crippen molar-refractivity contribution in [2.75, 3.05) is 20.0 Å². The molecular formula is C17H32Br2O3Si. The minimum atomic E-state index is -1.01. The van der Waals surface area contributed by atoms with Crippen molar-refractivity contribution in [3.63, 3.8) is 0 Å². The van der Waals surface area contributed by atoms with E-state index in [4.69, 9.17) is 14.2 Å². The fourth-order valence-corrected chi connectivity index (χ4v) is 3.86. The molecule has 6 heteroatoms. The van der Waals surface area contributed by atoms with Crippen LogP contribution in [0.3, 0.4) is 0 Å². The summed E-state index contributed by atoms with van der Waals surface area (Å²) in [6, 6.07) is 1.19. The molecule has 0 spiro atoms. The van der Waals surface area contributed by atoms with Crippen molar-refractivity contribution in [2.45, 2.75) is 64.6 Å². The molecule has 0 unspecified atom stereocenters. The van der Waals surface area contributed by atoms with Crippen molar-refractivity contribution in [3.8, 4) is 0 Å². The third-order valence-electron chi connectivity index (χ3n) is 4.27. The van der Waals surface area contributed by atoms with E-state index in [0.717, 1.165) is 16.4 Å². The highest BCUT2D eigenvalue weighted by Crippen LogP contribution is 2.31. The van der Waals surface area contributed by atoms with Gasteiger partial charge in [-0.3, -0.25) is 0 Å². The van der Waals surface area contributed by atoms with Gasteiger partial charge < -0.3 is 14.2 Å². The first-order valence-electron chi connectivity index (χ1n) is 8.53. The SMILES string of the molecule is C[C@H]1CC[C@H]([C@@H](C)COCOCC[Si](C)(C)C)O[C@H]1C=C(Br)Br. The largest absolute Gasteiger partial charge is 0.370 e. The van der Waals surface area contributed by atoms with Crippen molar-refractivity contribution < 1.29 is 14.2 Å². The summed E-state index contributed by atoms with van der Waals surface area (Å²) in [5.41, 5.74) is 0. The van der Waals surface area contributed by atoms with Crippen molar-refractivity contribution >= 4 is 39.9 Å². The van der Waals surface area contributed by atoms with E-state index in [2.05, 4.69) is 71.4 Å². The summed E-state index contributed by atoms with van der Waals surface area (Å²) in [7, 11) is -1.01. The van der Waals surface area contributed by atoms with Crippen LogP contribution in [-0.2, 0) is 14.2 Å². The highest BCUT2D eigenvalue weighted by molar-refractivity contribution is 9.28. The van der Waals surface area contributed by atoms with Crippen molar-refractivity contribution in [3.05, 3.63) is 9.47 Å². The molecule has 0 aromatic carbocycles. The lowest BCUT2D eigenvalue weighted by molar-refractivity contribution is -0.112. The lowest BCUT2D eigenvalue weighted by atomic mass is 9.89.